The van der Waals surface area contributed by atoms with Gasteiger partial charge in [0.25, 0.3) is 0 Å². The van der Waals surface area contributed by atoms with Crippen LogP contribution in [0.15, 0.2) is 24.3 Å². The third-order valence-corrected chi connectivity index (χ3v) is 4.29. The molecule has 0 spiro atoms. The van der Waals surface area contributed by atoms with E-state index >= 15 is 0 Å². The van der Waals surface area contributed by atoms with Crippen LogP contribution in [0.3, 0.4) is 0 Å². The van der Waals surface area contributed by atoms with Gasteiger partial charge in [-0.3, -0.25) is 4.79 Å². The van der Waals surface area contributed by atoms with Crippen LogP contribution in [-0.2, 0) is 9.53 Å². The first kappa shape index (κ1) is 20.1. The van der Waals surface area contributed by atoms with Crippen LogP contribution in [0.5, 0.6) is 5.75 Å². The third-order valence-electron chi connectivity index (χ3n) is 4.29. The average Bonchev–Trinajstić information content (AvgIpc) is 3.07. The van der Waals surface area contributed by atoms with Crippen molar-refractivity contribution in [2.75, 3.05) is 20.2 Å². The number of nitrogens with zero attached hydrogens (tertiary/aromatic N) is 1. The lowest BCUT2D eigenvalue weighted by atomic mass is 10.0. The lowest BCUT2D eigenvalue weighted by Gasteiger charge is -2.25. The van der Waals surface area contributed by atoms with E-state index in [0.29, 0.717) is 19.4 Å². The summed E-state index contributed by atoms with van der Waals surface area (Å²) in [6.45, 7) is 6.67. The maximum absolute atomic E-state index is 12.6. The van der Waals surface area contributed by atoms with E-state index in [1.165, 1.54) is 0 Å². The molecule has 1 aromatic rings. The Morgan fingerprint density at radius 1 is 1.31 bits per heavy atom. The van der Waals surface area contributed by atoms with Crippen LogP contribution in [-0.4, -0.2) is 42.7 Å². The molecule has 2 amide bonds. The molecule has 1 N–H and O–H groups in total. The number of ether oxygens (including phenoxy) is 2. The Kier molecular flexibility index (Phi) is 6.89. The molecule has 1 heterocycles. The van der Waals surface area contributed by atoms with Gasteiger partial charge in [0.05, 0.1) is 13.2 Å². The van der Waals surface area contributed by atoms with Crippen LogP contribution in [0.25, 0.3) is 0 Å². The lowest BCUT2D eigenvalue weighted by Crippen LogP contribution is -2.34. The molecule has 1 unspecified atom stereocenters. The Hall–Kier alpha value is -2.24. The van der Waals surface area contributed by atoms with Gasteiger partial charge in [0.2, 0.25) is 5.91 Å². The predicted octanol–water partition coefficient (Wildman–Crippen LogP) is 3.66. The molecule has 1 saturated heterocycles. The Morgan fingerprint density at radius 2 is 2.08 bits per heavy atom. The number of rotatable bonds is 6. The minimum Gasteiger partial charge on any atom is -0.497 e. The van der Waals surface area contributed by atoms with Gasteiger partial charge < -0.3 is 19.7 Å². The smallest absolute Gasteiger partial charge is 0.407 e. The average molecular weight is 362 g/mol. The molecule has 0 aromatic heterocycles. The van der Waals surface area contributed by atoms with Gasteiger partial charge in [-0.25, -0.2) is 4.79 Å². The number of amides is 2. The molecule has 1 fully saturated rings. The van der Waals surface area contributed by atoms with Crippen molar-refractivity contribution in [2.24, 2.45) is 0 Å². The molecule has 0 saturated carbocycles. The Labute approximate surface area is 155 Å². The summed E-state index contributed by atoms with van der Waals surface area (Å²) < 4.78 is 10.5. The number of nitrogens with one attached hydrogen (secondary N) is 1. The molecule has 1 atom stereocenters. The fourth-order valence-electron chi connectivity index (χ4n) is 3.15. The van der Waals surface area contributed by atoms with E-state index in [9.17, 15) is 9.59 Å². The zero-order valence-corrected chi connectivity index (χ0v) is 16.2. The number of methoxy groups -OCH3 is 1. The first-order valence-electron chi connectivity index (χ1n) is 9.20. The van der Waals surface area contributed by atoms with Crippen molar-refractivity contribution in [2.45, 2.75) is 58.1 Å². The van der Waals surface area contributed by atoms with E-state index in [-0.39, 0.29) is 11.9 Å². The largest absolute Gasteiger partial charge is 0.497 e. The second-order valence-corrected chi connectivity index (χ2v) is 7.55. The second kappa shape index (κ2) is 8.92. The molecule has 1 aliphatic heterocycles. The van der Waals surface area contributed by atoms with Crippen LogP contribution in [0.4, 0.5) is 4.79 Å². The molecule has 144 valence electrons. The predicted molar refractivity (Wildman–Crippen MR) is 100 cm³/mol. The summed E-state index contributed by atoms with van der Waals surface area (Å²) in [6.07, 6.45) is 2.54. The normalized spacial score (nSPS) is 17.1. The van der Waals surface area contributed by atoms with E-state index in [0.717, 1.165) is 30.7 Å². The van der Waals surface area contributed by atoms with E-state index < -0.39 is 11.7 Å². The summed E-state index contributed by atoms with van der Waals surface area (Å²) in [4.78, 5) is 26.2. The van der Waals surface area contributed by atoms with Crippen molar-refractivity contribution in [1.29, 1.82) is 0 Å². The van der Waals surface area contributed by atoms with E-state index in [1.807, 2.05) is 49.9 Å². The van der Waals surface area contributed by atoms with Gasteiger partial charge in [0, 0.05) is 19.5 Å². The second-order valence-electron chi connectivity index (χ2n) is 7.55. The highest BCUT2D eigenvalue weighted by atomic mass is 16.6. The number of carbonyl (C=O) groups excluding carboxylic acids is 2. The van der Waals surface area contributed by atoms with E-state index in [4.69, 9.17) is 9.47 Å². The summed E-state index contributed by atoms with van der Waals surface area (Å²) in [5.74, 6) is 0.935. The number of alkyl carbamates (subject to hydrolysis) is 1. The fourth-order valence-corrected chi connectivity index (χ4v) is 3.15. The maximum atomic E-state index is 12.6. The Balaban J connectivity index is 1.82. The molecule has 0 bridgehead atoms. The number of hydrogen-bond acceptors (Lipinski definition) is 4. The molecule has 2 rings (SSSR count). The highest BCUT2D eigenvalue weighted by Gasteiger charge is 2.29. The van der Waals surface area contributed by atoms with Gasteiger partial charge in [0.15, 0.2) is 0 Å². The molecule has 6 nitrogen and oxygen atoms in total. The lowest BCUT2D eigenvalue weighted by molar-refractivity contribution is -0.132. The van der Waals surface area contributed by atoms with Crippen molar-refractivity contribution in [3.63, 3.8) is 0 Å². The number of hydrogen-bond donors (Lipinski definition) is 1. The monoisotopic (exact) mass is 362 g/mol. The van der Waals surface area contributed by atoms with E-state index in [2.05, 4.69) is 5.32 Å². The summed E-state index contributed by atoms with van der Waals surface area (Å²) in [5.41, 5.74) is 0.599. The van der Waals surface area contributed by atoms with Crippen LogP contribution in [0, 0.1) is 0 Å². The molecule has 0 aliphatic carbocycles. The van der Waals surface area contributed by atoms with Gasteiger partial charge in [-0.05, 0) is 57.7 Å². The van der Waals surface area contributed by atoms with Crippen LogP contribution < -0.4 is 10.1 Å². The summed E-state index contributed by atoms with van der Waals surface area (Å²) in [6, 6.07) is 8.02. The molecule has 26 heavy (non-hydrogen) atoms. The Morgan fingerprint density at radius 3 is 2.77 bits per heavy atom. The molecule has 6 heteroatoms. The zero-order chi connectivity index (χ0) is 19.2. The first-order chi connectivity index (χ1) is 12.3. The van der Waals surface area contributed by atoms with Crippen LogP contribution >= 0.6 is 0 Å². The topological polar surface area (TPSA) is 67.9 Å². The molecular weight excluding hydrogens is 332 g/mol. The highest BCUT2D eigenvalue weighted by Crippen LogP contribution is 2.33. The summed E-state index contributed by atoms with van der Waals surface area (Å²) >= 11 is 0. The maximum Gasteiger partial charge on any atom is 0.407 e. The van der Waals surface area contributed by atoms with E-state index in [1.54, 1.807) is 7.11 Å². The Bertz CT molecular complexity index is 624. The highest BCUT2D eigenvalue weighted by molar-refractivity contribution is 5.77. The third kappa shape index (κ3) is 5.93. The van der Waals surface area contributed by atoms with Crippen molar-refractivity contribution >= 4 is 12.0 Å². The van der Waals surface area contributed by atoms with Gasteiger partial charge >= 0.3 is 6.09 Å². The number of carbonyl (C=O) groups is 2. The van der Waals surface area contributed by atoms with Crippen molar-refractivity contribution in [3.05, 3.63) is 29.8 Å². The summed E-state index contributed by atoms with van der Waals surface area (Å²) in [5, 5.41) is 2.69. The quantitative estimate of drug-likeness (QED) is 0.784. The minimum atomic E-state index is -0.514. The van der Waals surface area contributed by atoms with Crippen LogP contribution in [0.1, 0.15) is 58.1 Å². The molecule has 1 aromatic carbocycles. The van der Waals surface area contributed by atoms with Gasteiger partial charge in [-0.2, -0.15) is 0 Å². The number of benzene rings is 1. The first-order valence-corrected chi connectivity index (χ1v) is 9.20. The van der Waals surface area contributed by atoms with Gasteiger partial charge in [-0.1, -0.05) is 12.1 Å². The number of likely N-dealkylation sites (tertiary alicyclic amines) is 1. The van der Waals surface area contributed by atoms with Gasteiger partial charge in [0.1, 0.15) is 11.4 Å². The standard InChI is InChI=1S/C20H30N2O4/c1-20(2,3)26-19(24)21-12-6-11-18(23)22-13-7-10-17(22)15-8-5-9-16(14-15)25-4/h5,8-9,14,17H,6-7,10-13H2,1-4H3,(H,21,24). The SMILES string of the molecule is COc1cccc(C2CCCN2C(=O)CCCNC(=O)OC(C)(C)C)c1. The zero-order valence-electron chi connectivity index (χ0n) is 16.2. The van der Waals surface area contributed by atoms with Gasteiger partial charge in [-0.15, -0.1) is 0 Å². The molecular formula is C20H30N2O4. The van der Waals surface area contributed by atoms with Crippen LogP contribution in [0.2, 0.25) is 0 Å². The molecule has 1 aliphatic rings. The van der Waals surface area contributed by atoms with Crippen molar-refractivity contribution in [3.8, 4) is 5.75 Å². The fraction of sp³-hybridized carbons (Fsp3) is 0.600. The minimum absolute atomic E-state index is 0.108. The summed E-state index contributed by atoms with van der Waals surface area (Å²) in [7, 11) is 1.65. The molecule has 0 radical (unpaired) electrons. The van der Waals surface area contributed by atoms with Crippen molar-refractivity contribution in [1.82, 2.24) is 10.2 Å². The van der Waals surface area contributed by atoms with Crippen molar-refractivity contribution < 1.29 is 19.1 Å².